The second kappa shape index (κ2) is 6.06. The van der Waals surface area contributed by atoms with Gasteiger partial charge >= 0.3 is 0 Å². The molecule has 104 valence electrons. The van der Waals surface area contributed by atoms with E-state index in [1.54, 1.807) is 24.3 Å². The van der Waals surface area contributed by atoms with Gasteiger partial charge in [0.05, 0.1) is 17.9 Å². The number of anilines is 1. The van der Waals surface area contributed by atoms with Gasteiger partial charge in [0.15, 0.2) is 0 Å². The van der Waals surface area contributed by atoms with Gasteiger partial charge in [0.2, 0.25) is 0 Å². The van der Waals surface area contributed by atoms with Crippen LogP contribution in [0.3, 0.4) is 0 Å². The normalized spacial score (nSPS) is 10.1. The minimum Gasteiger partial charge on any atom is -0.507 e. The Bertz CT molecular complexity index is 628. The Balaban J connectivity index is 2.23. The van der Waals surface area contributed by atoms with E-state index in [0.29, 0.717) is 18.0 Å². The summed E-state index contributed by atoms with van der Waals surface area (Å²) in [5.74, 6) is -1.01. The molecule has 5 heteroatoms. The number of hydrogen-bond donors (Lipinski definition) is 2. The van der Waals surface area contributed by atoms with E-state index in [2.05, 4.69) is 5.32 Å². The summed E-state index contributed by atoms with van der Waals surface area (Å²) in [4.78, 5) is 12.1. The lowest BCUT2D eigenvalue weighted by Gasteiger charge is -2.11. The molecule has 2 aromatic rings. The van der Waals surface area contributed by atoms with E-state index < -0.39 is 17.5 Å². The zero-order chi connectivity index (χ0) is 14.5. The first-order valence-corrected chi connectivity index (χ1v) is 6.13. The van der Waals surface area contributed by atoms with Crippen LogP contribution in [-0.2, 0) is 0 Å². The zero-order valence-electron chi connectivity index (χ0n) is 10.9. The number of amides is 1. The predicted molar refractivity (Wildman–Crippen MR) is 73.6 cm³/mol. The maximum atomic E-state index is 12.9. The average molecular weight is 275 g/mol. The summed E-state index contributed by atoms with van der Waals surface area (Å²) in [7, 11) is 0. The van der Waals surface area contributed by atoms with Crippen molar-refractivity contribution >= 4 is 11.6 Å². The third-order valence-corrected chi connectivity index (χ3v) is 2.64. The van der Waals surface area contributed by atoms with Gasteiger partial charge in [-0.05, 0) is 31.2 Å². The van der Waals surface area contributed by atoms with Gasteiger partial charge in [0, 0.05) is 6.07 Å². The molecule has 0 unspecified atom stereocenters. The fourth-order valence-corrected chi connectivity index (χ4v) is 1.74. The molecule has 1 amide bonds. The number of nitrogens with one attached hydrogen (secondary N) is 1. The summed E-state index contributed by atoms with van der Waals surface area (Å²) in [6, 6.07) is 10.2. The number of hydrogen-bond acceptors (Lipinski definition) is 3. The Hall–Kier alpha value is -2.56. The van der Waals surface area contributed by atoms with Crippen molar-refractivity contribution in [2.45, 2.75) is 6.92 Å². The quantitative estimate of drug-likeness (QED) is 0.901. The summed E-state index contributed by atoms with van der Waals surface area (Å²) in [5.41, 5.74) is 0.487. The molecule has 4 nitrogen and oxygen atoms in total. The molecule has 0 bridgehead atoms. The molecule has 0 aliphatic heterocycles. The first-order valence-electron chi connectivity index (χ1n) is 6.13. The predicted octanol–water partition coefficient (Wildman–Crippen LogP) is 3.18. The van der Waals surface area contributed by atoms with Crippen LogP contribution >= 0.6 is 0 Å². The standard InChI is InChI=1S/C15H14FNO3/c1-2-20-14-6-4-3-5-12(14)17-15(19)11-8-7-10(16)9-13(11)18/h3-9,18H,2H2,1H3,(H,17,19). The van der Waals surface area contributed by atoms with Gasteiger partial charge in [0.25, 0.3) is 5.91 Å². The highest BCUT2D eigenvalue weighted by molar-refractivity contribution is 6.06. The molecule has 0 aromatic heterocycles. The van der Waals surface area contributed by atoms with Crippen molar-refractivity contribution < 1.29 is 19.0 Å². The summed E-state index contributed by atoms with van der Waals surface area (Å²) in [6.45, 7) is 2.30. The molecule has 0 aliphatic carbocycles. The topological polar surface area (TPSA) is 58.6 Å². The third-order valence-electron chi connectivity index (χ3n) is 2.64. The average Bonchev–Trinajstić information content (AvgIpc) is 2.41. The highest BCUT2D eigenvalue weighted by Gasteiger charge is 2.13. The SMILES string of the molecule is CCOc1ccccc1NC(=O)c1ccc(F)cc1O. The number of ether oxygens (including phenoxy) is 1. The second-order valence-corrected chi connectivity index (χ2v) is 4.04. The number of benzene rings is 2. The molecule has 0 saturated heterocycles. The minimum atomic E-state index is -0.603. The second-order valence-electron chi connectivity index (χ2n) is 4.04. The number of carbonyl (C=O) groups is 1. The van der Waals surface area contributed by atoms with Crippen molar-refractivity contribution in [3.63, 3.8) is 0 Å². The summed E-state index contributed by atoms with van der Waals surface area (Å²) in [5, 5.41) is 12.2. The number of halogens is 1. The van der Waals surface area contributed by atoms with Crippen LogP contribution in [-0.4, -0.2) is 17.6 Å². The molecule has 0 aliphatic rings. The van der Waals surface area contributed by atoms with Crippen molar-refractivity contribution in [3.8, 4) is 11.5 Å². The van der Waals surface area contributed by atoms with Crippen LogP contribution in [0.1, 0.15) is 17.3 Å². The molecule has 2 aromatic carbocycles. The fraction of sp³-hybridized carbons (Fsp3) is 0.133. The van der Waals surface area contributed by atoms with E-state index in [1.807, 2.05) is 6.92 Å². The van der Waals surface area contributed by atoms with Crippen molar-refractivity contribution in [3.05, 3.63) is 53.8 Å². The molecule has 0 atom stereocenters. The van der Waals surface area contributed by atoms with Crippen molar-refractivity contribution in [1.29, 1.82) is 0 Å². The molecule has 0 radical (unpaired) electrons. The van der Waals surface area contributed by atoms with Crippen molar-refractivity contribution in [2.75, 3.05) is 11.9 Å². The Morgan fingerprint density at radius 2 is 2.05 bits per heavy atom. The number of carbonyl (C=O) groups excluding carboxylic acids is 1. The molecule has 2 rings (SSSR count). The van der Waals surface area contributed by atoms with Gasteiger partial charge in [-0.1, -0.05) is 12.1 Å². The van der Waals surface area contributed by atoms with E-state index in [0.717, 1.165) is 12.1 Å². The van der Waals surface area contributed by atoms with Gasteiger partial charge < -0.3 is 15.2 Å². The van der Waals surface area contributed by atoms with Crippen molar-refractivity contribution in [1.82, 2.24) is 0 Å². The maximum Gasteiger partial charge on any atom is 0.259 e. The number of aromatic hydroxyl groups is 1. The van der Waals surface area contributed by atoms with Crippen LogP contribution in [0.25, 0.3) is 0 Å². The van der Waals surface area contributed by atoms with Crippen LogP contribution in [0, 0.1) is 5.82 Å². The Morgan fingerprint density at radius 1 is 1.30 bits per heavy atom. The zero-order valence-corrected chi connectivity index (χ0v) is 10.9. The molecule has 0 saturated carbocycles. The minimum absolute atomic E-state index is 0.00213. The number of rotatable bonds is 4. The summed E-state index contributed by atoms with van der Waals surface area (Å²) < 4.78 is 18.3. The highest BCUT2D eigenvalue weighted by Crippen LogP contribution is 2.26. The first kappa shape index (κ1) is 13.9. The van der Waals surface area contributed by atoms with E-state index in [-0.39, 0.29) is 5.56 Å². The van der Waals surface area contributed by atoms with E-state index in [9.17, 15) is 14.3 Å². The van der Waals surface area contributed by atoms with Crippen LogP contribution in [0.15, 0.2) is 42.5 Å². The number of para-hydroxylation sites is 2. The lowest BCUT2D eigenvalue weighted by molar-refractivity contribution is 0.102. The maximum absolute atomic E-state index is 12.9. The smallest absolute Gasteiger partial charge is 0.259 e. The number of phenols is 1. The van der Waals surface area contributed by atoms with Gasteiger partial charge in [0.1, 0.15) is 17.3 Å². The monoisotopic (exact) mass is 275 g/mol. The van der Waals surface area contributed by atoms with Gasteiger partial charge in [-0.2, -0.15) is 0 Å². The Kier molecular flexibility index (Phi) is 4.20. The van der Waals surface area contributed by atoms with E-state index >= 15 is 0 Å². The lowest BCUT2D eigenvalue weighted by Crippen LogP contribution is -2.13. The van der Waals surface area contributed by atoms with Crippen molar-refractivity contribution in [2.24, 2.45) is 0 Å². The highest BCUT2D eigenvalue weighted by atomic mass is 19.1. The van der Waals surface area contributed by atoms with Gasteiger partial charge in [-0.25, -0.2) is 4.39 Å². The van der Waals surface area contributed by atoms with E-state index in [4.69, 9.17) is 4.74 Å². The van der Waals surface area contributed by atoms with Crippen LogP contribution < -0.4 is 10.1 Å². The van der Waals surface area contributed by atoms with Crippen LogP contribution in [0.2, 0.25) is 0 Å². The summed E-state index contributed by atoms with van der Waals surface area (Å²) in [6.07, 6.45) is 0. The lowest BCUT2D eigenvalue weighted by atomic mass is 10.1. The number of phenolic OH excluding ortho intramolecular Hbond substituents is 1. The van der Waals surface area contributed by atoms with Crippen LogP contribution in [0.5, 0.6) is 11.5 Å². The van der Waals surface area contributed by atoms with E-state index in [1.165, 1.54) is 6.07 Å². The molecular weight excluding hydrogens is 261 g/mol. The molecule has 0 spiro atoms. The largest absolute Gasteiger partial charge is 0.507 e. The van der Waals surface area contributed by atoms with Gasteiger partial charge in [-0.3, -0.25) is 4.79 Å². The molecule has 20 heavy (non-hydrogen) atoms. The summed E-state index contributed by atoms with van der Waals surface area (Å²) >= 11 is 0. The fourth-order valence-electron chi connectivity index (χ4n) is 1.74. The first-order chi connectivity index (χ1) is 9.61. The van der Waals surface area contributed by atoms with Gasteiger partial charge in [-0.15, -0.1) is 0 Å². The molecule has 0 fully saturated rings. The Morgan fingerprint density at radius 3 is 2.75 bits per heavy atom. The molecular formula is C15H14FNO3. The molecule has 2 N–H and O–H groups in total. The third kappa shape index (κ3) is 3.06. The Labute approximate surface area is 115 Å². The van der Waals surface area contributed by atoms with Crippen LogP contribution in [0.4, 0.5) is 10.1 Å². The molecule has 0 heterocycles.